The summed E-state index contributed by atoms with van der Waals surface area (Å²) in [6, 6.07) is 1.83. The van der Waals surface area contributed by atoms with E-state index in [0.717, 1.165) is 13.1 Å². The fourth-order valence-electron chi connectivity index (χ4n) is 1.19. The molecule has 7 heteroatoms. The summed E-state index contributed by atoms with van der Waals surface area (Å²) in [5.74, 6) is 0.406. The highest BCUT2D eigenvalue weighted by molar-refractivity contribution is 9.12. The molecule has 94 valence electrons. The number of rotatable bonds is 4. The van der Waals surface area contributed by atoms with Crippen molar-refractivity contribution >= 4 is 60.7 Å². The molecule has 0 unspecified atom stereocenters. The Labute approximate surface area is 130 Å². The summed E-state index contributed by atoms with van der Waals surface area (Å²) in [7, 11) is 0. The molecular weight excluding hydrogens is 400 g/mol. The van der Waals surface area contributed by atoms with E-state index in [4.69, 9.17) is 0 Å². The van der Waals surface area contributed by atoms with Gasteiger partial charge in [0.2, 0.25) is 0 Å². The molecule has 0 aliphatic rings. The standard InChI is InChI=1S/C11H8Br2N2OS2/c1-6-3-14-11(15-4-6)17-5-8(16)7-2-9(12)18-10(7)13/h2-4H,5H2,1H3. The molecule has 3 nitrogen and oxygen atoms in total. The molecule has 0 aliphatic heterocycles. The van der Waals surface area contributed by atoms with E-state index in [1.807, 2.05) is 13.0 Å². The van der Waals surface area contributed by atoms with Crippen molar-refractivity contribution in [1.29, 1.82) is 0 Å². The first-order valence-corrected chi connectivity index (χ1v) is 8.34. The average Bonchev–Trinajstić information content (AvgIpc) is 2.67. The van der Waals surface area contributed by atoms with Crippen LogP contribution in [0.25, 0.3) is 0 Å². The Kier molecular flexibility index (Phi) is 4.94. The van der Waals surface area contributed by atoms with Gasteiger partial charge in [0.25, 0.3) is 0 Å². The van der Waals surface area contributed by atoms with Crippen molar-refractivity contribution in [2.45, 2.75) is 12.1 Å². The quantitative estimate of drug-likeness (QED) is 0.429. The third kappa shape index (κ3) is 3.63. The van der Waals surface area contributed by atoms with Gasteiger partial charge in [-0.25, -0.2) is 9.97 Å². The Bertz CT molecular complexity index is 569. The number of hydrogen-bond acceptors (Lipinski definition) is 5. The number of hydrogen-bond donors (Lipinski definition) is 0. The normalized spacial score (nSPS) is 10.6. The molecule has 18 heavy (non-hydrogen) atoms. The Hall–Kier alpha value is -0.240. The molecule has 0 atom stereocenters. The van der Waals surface area contributed by atoms with Crippen molar-refractivity contribution in [3.63, 3.8) is 0 Å². The average molecular weight is 408 g/mol. The maximum Gasteiger partial charge on any atom is 0.187 e. The van der Waals surface area contributed by atoms with Gasteiger partial charge in [-0.3, -0.25) is 4.79 Å². The fraction of sp³-hybridized carbons (Fsp3) is 0.182. The highest BCUT2D eigenvalue weighted by Gasteiger charge is 2.14. The second-order valence-corrected chi connectivity index (χ2v) is 8.18. The summed E-state index contributed by atoms with van der Waals surface area (Å²) in [6.45, 7) is 1.93. The van der Waals surface area contributed by atoms with Crippen molar-refractivity contribution in [2.75, 3.05) is 5.75 Å². The maximum absolute atomic E-state index is 12.0. The molecule has 0 saturated heterocycles. The number of carbonyl (C=O) groups excluding carboxylic acids is 1. The predicted octanol–water partition coefficient (Wildman–Crippen LogP) is 4.35. The number of aromatic nitrogens is 2. The summed E-state index contributed by atoms with van der Waals surface area (Å²) in [4.78, 5) is 20.3. The molecule has 0 saturated carbocycles. The molecule has 0 aliphatic carbocycles. The molecule has 0 spiro atoms. The Morgan fingerprint density at radius 2 is 2.06 bits per heavy atom. The van der Waals surface area contributed by atoms with Crippen LogP contribution in [-0.4, -0.2) is 21.5 Å². The minimum atomic E-state index is 0.0676. The number of ketones is 1. The summed E-state index contributed by atoms with van der Waals surface area (Å²) in [5, 5.41) is 0.624. The van der Waals surface area contributed by atoms with Crippen molar-refractivity contribution in [2.24, 2.45) is 0 Å². The second-order valence-electron chi connectivity index (χ2n) is 3.49. The molecule has 2 aromatic rings. The number of carbonyl (C=O) groups is 1. The number of aryl methyl sites for hydroxylation is 1. The lowest BCUT2D eigenvalue weighted by molar-refractivity contribution is 0.102. The molecule has 2 aromatic heterocycles. The zero-order chi connectivity index (χ0) is 13.1. The highest BCUT2D eigenvalue weighted by atomic mass is 79.9. The van der Waals surface area contributed by atoms with E-state index in [0.29, 0.717) is 16.5 Å². The first kappa shape index (κ1) is 14.2. The lowest BCUT2D eigenvalue weighted by Gasteiger charge is -1.99. The van der Waals surface area contributed by atoms with Crippen LogP contribution in [0.2, 0.25) is 0 Å². The van der Waals surface area contributed by atoms with E-state index < -0.39 is 0 Å². The predicted molar refractivity (Wildman–Crippen MR) is 81.5 cm³/mol. The molecule has 0 amide bonds. The van der Waals surface area contributed by atoms with Crippen LogP contribution in [0.4, 0.5) is 0 Å². The van der Waals surface area contributed by atoms with Gasteiger partial charge in [0.05, 0.1) is 13.3 Å². The van der Waals surface area contributed by atoms with Crippen LogP contribution >= 0.6 is 55.0 Å². The summed E-state index contributed by atoms with van der Waals surface area (Å²) in [6.07, 6.45) is 3.49. The van der Waals surface area contributed by atoms with Crippen molar-refractivity contribution in [1.82, 2.24) is 9.97 Å². The van der Waals surface area contributed by atoms with Gasteiger partial charge in [-0.05, 0) is 50.4 Å². The van der Waals surface area contributed by atoms with E-state index in [-0.39, 0.29) is 5.78 Å². The highest BCUT2D eigenvalue weighted by Crippen LogP contribution is 2.32. The van der Waals surface area contributed by atoms with Gasteiger partial charge in [0, 0.05) is 18.0 Å². The molecule has 0 bridgehead atoms. The molecule has 0 aromatic carbocycles. The number of Topliss-reactive ketones (excluding diaryl/α,β-unsaturated/α-hetero) is 1. The Balaban J connectivity index is 2.00. The zero-order valence-corrected chi connectivity index (χ0v) is 14.1. The van der Waals surface area contributed by atoms with Crippen molar-refractivity contribution in [3.05, 3.63) is 37.2 Å². The van der Waals surface area contributed by atoms with Crippen LogP contribution in [0.1, 0.15) is 15.9 Å². The zero-order valence-electron chi connectivity index (χ0n) is 9.31. The van der Waals surface area contributed by atoms with Gasteiger partial charge < -0.3 is 0 Å². The number of nitrogens with zero attached hydrogens (tertiary/aromatic N) is 2. The van der Waals surface area contributed by atoms with Gasteiger partial charge in [-0.15, -0.1) is 11.3 Å². The first-order valence-electron chi connectivity index (χ1n) is 4.96. The van der Waals surface area contributed by atoms with E-state index in [1.54, 1.807) is 12.4 Å². The van der Waals surface area contributed by atoms with Crippen LogP contribution in [0.3, 0.4) is 0 Å². The van der Waals surface area contributed by atoms with E-state index in [2.05, 4.69) is 41.8 Å². The molecule has 0 fully saturated rings. The monoisotopic (exact) mass is 406 g/mol. The first-order chi connectivity index (χ1) is 8.56. The minimum Gasteiger partial charge on any atom is -0.293 e. The van der Waals surface area contributed by atoms with E-state index in [9.17, 15) is 4.79 Å². The Morgan fingerprint density at radius 1 is 1.39 bits per heavy atom. The van der Waals surface area contributed by atoms with Gasteiger partial charge in [-0.1, -0.05) is 11.8 Å². The summed E-state index contributed by atoms with van der Waals surface area (Å²) in [5.41, 5.74) is 1.71. The third-order valence-corrected chi connectivity index (χ3v) is 5.26. The number of thiophene rings is 1. The molecule has 0 N–H and O–H groups in total. The van der Waals surface area contributed by atoms with Crippen molar-refractivity contribution < 1.29 is 4.79 Å². The molecular formula is C11H8Br2N2OS2. The second kappa shape index (κ2) is 6.27. The topological polar surface area (TPSA) is 42.9 Å². The van der Waals surface area contributed by atoms with Gasteiger partial charge in [0.15, 0.2) is 10.9 Å². The molecule has 2 rings (SSSR count). The van der Waals surface area contributed by atoms with Crippen LogP contribution < -0.4 is 0 Å². The Morgan fingerprint density at radius 3 is 2.61 bits per heavy atom. The molecule has 2 heterocycles. The lowest BCUT2D eigenvalue weighted by Crippen LogP contribution is -2.02. The third-order valence-electron chi connectivity index (χ3n) is 2.05. The summed E-state index contributed by atoms with van der Waals surface area (Å²) >= 11 is 9.58. The van der Waals surface area contributed by atoms with Gasteiger partial charge in [-0.2, -0.15) is 0 Å². The van der Waals surface area contributed by atoms with Gasteiger partial charge in [0.1, 0.15) is 0 Å². The molecule has 0 radical (unpaired) electrons. The van der Waals surface area contributed by atoms with Gasteiger partial charge >= 0.3 is 0 Å². The van der Waals surface area contributed by atoms with Crippen molar-refractivity contribution in [3.8, 4) is 0 Å². The SMILES string of the molecule is Cc1cnc(SCC(=O)c2cc(Br)sc2Br)nc1. The van der Waals surface area contributed by atoms with E-state index in [1.165, 1.54) is 23.1 Å². The summed E-state index contributed by atoms with van der Waals surface area (Å²) < 4.78 is 1.79. The minimum absolute atomic E-state index is 0.0676. The van der Waals surface area contributed by atoms with Crippen LogP contribution in [0.5, 0.6) is 0 Å². The number of thioether (sulfide) groups is 1. The lowest BCUT2D eigenvalue weighted by atomic mass is 10.2. The van der Waals surface area contributed by atoms with E-state index >= 15 is 0 Å². The van der Waals surface area contributed by atoms with Crippen LogP contribution in [-0.2, 0) is 0 Å². The maximum atomic E-state index is 12.0. The largest absolute Gasteiger partial charge is 0.293 e. The van der Waals surface area contributed by atoms with Crippen LogP contribution in [0.15, 0.2) is 31.2 Å². The number of halogens is 2. The van der Waals surface area contributed by atoms with Crippen LogP contribution in [0, 0.1) is 6.92 Å². The smallest absolute Gasteiger partial charge is 0.187 e. The fourth-order valence-corrected chi connectivity index (χ4v) is 4.72.